The summed E-state index contributed by atoms with van der Waals surface area (Å²) < 4.78 is 13.9. The monoisotopic (exact) mass is 475 g/mol. The van der Waals surface area contributed by atoms with Crippen molar-refractivity contribution in [2.24, 2.45) is 0 Å². The molecule has 2 aromatic carbocycles. The lowest BCUT2D eigenvalue weighted by Gasteiger charge is -2.32. The lowest BCUT2D eigenvalue weighted by Crippen LogP contribution is -2.42. The molecule has 0 radical (unpaired) electrons. The highest BCUT2D eigenvalue weighted by Crippen LogP contribution is 2.34. The van der Waals surface area contributed by atoms with Crippen molar-refractivity contribution in [2.75, 3.05) is 20.3 Å². The van der Waals surface area contributed by atoms with Crippen molar-refractivity contribution >= 4 is 23.0 Å². The van der Waals surface area contributed by atoms with Gasteiger partial charge in [0.15, 0.2) is 11.5 Å². The lowest BCUT2D eigenvalue weighted by molar-refractivity contribution is -0.131. The van der Waals surface area contributed by atoms with E-state index in [1.54, 1.807) is 7.11 Å². The highest BCUT2D eigenvalue weighted by Gasteiger charge is 2.38. The first kappa shape index (κ1) is 24.8. The summed E-state index contributed by atoms with van der Waals surface area (Å²) in [7, 11) is 1.67. The maximum Gasteiger partial charge on any atom is 0.223 e. The van der Waals surface area contributed by atoms with Crippen LogP contribution in [0.4, 0.5) is 0 Å². The van der Waals surface area contributed by atoms with E-state index < -0.39 is 0 Å². The maximum absolute atomic E-state index is 12.7. The van der Waals surface area contributed by atoms with Gasteiger partial charge in [0.25, 0.3) is 0 Å². The number of fused-ring (bicyclic) bond motifs is 1. The van der Waals surface area contributed by atoms with Gasteiger partial charge in [-0.1, -0.05) is 30.4 Å². The number of para-hydroxylation sites is 2. The first-order valence-electron chi connectivity index (χ1n) is 12.5. The van der Waals surface area contributed by atoms with Gasteiger partial charge in [-0.2, -0.15) is 0 Å². The Morgan fingerprint density at radius 3 is 2.63 bits per heavy atom. The molecule has 1 atom stereocenters. The molecule has 35 heavy (non-hydrogen) atoms. The van der Waals surface area contributed by atoms with Crippen LogP contribution < -0.4 is 9.47 Å². The van der Waals surface area contributed by atoms with Gasteiger partial charge in [0.1, 0.15) is 5.82 Å². The van der Waals surface area contributed by atoms with Crippen molar-refractivity contribution in [1.29, 1.82) is 0 Å². The van der Waals surface area contributed by atoms with E-state index in [0.717, 1.165) is 59.9 Å². The van der Waals surface area contributed by atoms with Crippen LogP contribution in [0.2, 0.25) is 0 Å². The predicted molar refractivity (Wildman–Crippen MR) is 141 cm³/mol. The Morgan fingerprint density at radius 1 is 1.11 bits per heavy atom. The lowest BCUT2D eigenvalue weighted by atomic mass is 10.1. The Kier molecular flexibility index (Phi) is 7.48. The summed E-state index contributed by atoms with van der Waals surface area (Å²) in [5, 5.41) is 0. The predicted octanol–water partition coefficient (Wildman–Crippen LogP) is 6.05. The molecule has 1 saturated heterocycles. The number of nitrogens with zero attached hydrogens (tertiary/aromatic N) is 3. The molecule has 4 rings (SSSR count). The van der Waals surface area contributed by atoms with Gasteiger partial charge in [0, 0.05) is 31.0 Å². The Labute approximate surface area is 208 Å². The second kappa shape index (κ2) is 10.5. The Morgan fingerprint density at radius 2 is 1.91 bits per heavy atom. The molecule has 0 N–H and O–H groups in total. The summed E-state index contributed by atoms with van der Waals surface area (Å²) in [4.78, 5) is 19.7. The number of rotatable bonds is 9. The third kappa shape index (κ3) is 5.53. The molecule has 6 nitrogen and oxygen atoms in total. The molecule has 1 aromatic heterocycles. The number of carbonyl (C=O) groups is 1. The van der Waals surface area contributed by atoms with Crippen LogP contribution in [0.1, 0.15) is 64.3 Å². The van der Waals surface area contributed by atoms with Crippen molar-refractivity contribution in [1.82, 2.24) is 14.5 Å². The first-order chi connectivity index (χ1) is 16.8. The zero-order valence-electron chi connectivity index (χ0n) is 21.6. The quantitative estimate of drug-likeness (QED) is 0.354. The molecule has 186 valence electrons. The zero-order valence-corrected chi connectivity index (χ0v) is 21.6. The highest BCUT2D eigenvalue weighted by molar-refractivity contribution is 5.81. The smallest absolute Gasteiger partial charge is 0.223 e. The van der Waals surface area contributed by atoms with Gasteiger partial charge in [0.05, 0.1) is 24.8 Å². The number of hydrogen-bond donors (Lipinski definition) is 0. The second-order valence-corrected chi connectivity index (χ2v) is 10.2. The summed E-state index contributed by atoms with van der Waals surface area (Å²) >= 11 is 0. The molecule has 0 bridgehead atoms. The average Bonchev–Trinajstić information content (AvgIpc) is 3.40. The molecule has 1 fully saturated rings. The minimum Gasteiger partial charge on any atom is -0.493 e. The average molecular weight is 476 g/mol. The molecule has 0 spiro atoms. The van der Waals surface area contributed by atoms with Crippen LogP contribution in [0.5, 0.6) is 11.5 Å². The topological polar surface area (TPSA) is 56.6 Å². The van der Waals surface area contributed by atoms with Gasteiger partial charge < -0.3 is 18.9 Å². The van der Waals surface area contributed by atoms with Gasteiger partial charge in [-0.3, -0.25) is 4.79 Å². The van der Waals surface area contributed by atoms with Gasteiger partial charge in [-0.15, -0.1) is 0 Å². The molecule has 1 aliphatic rings. The van der Waals surface area contributed by atoms with E-state index in [9.17, 15) is 4.79 Å². The Hall–Kier alpha value is -3.28. The van der Waals surface area contributed by atoms with Crippen molar-refractivity contribution in [3.05, 3.63) is 59.9 Å². The number of ether oxygens (including phenoxy) is 2. The van der Waals surface area contributed by atoms with Gasteiger partial charge in [-0.05, 0) is 70.4 Å². The number of aromatic nitrogens is 2. The fraction of sp³-hybridized carbons (Fsp3) is 0.448. The number of methoxy groups -OCH3 is 1. The number of benzene rings is 2. The standard InChI is InChI=1S/C29H37N3O3/c1-6-11-21-14-15-25(26(18-21)34-5)35-17-10-9-16-31-24-13-8-7-12-23(24)30-28(31)22-19-27(33)32(20-22)29(2,3)4/h6-8,11-15,18,22H,9-10,16-17,19-20H2,1-5H3/b11-6+. The SMILES string of the molecule is C/C=C/c1ccc(OCCCCn2c(C3CC(=O)N(C(C)(C)C)C3)nc3ccccc32)c(OC)c1. The second-order valence-electron chi connectivity index (χ2n) is 10.2. The molecular weight excluding hydrogens is 438 g/mol. The summed E-state index contributed by atoms with van der Waals surface area (Å²) in [5.74, 6) is 2.86. The van der Waals surface area contributed by atoms with Crippen LogP contribution in [0.3, 0.4) is 0 Å². The molecule has 3 aromatic rings. The largest absolute Gasteiger partial charge is 0.493 e. The van der Waals surface area contributed by atoms with E-state index in [1.807, 2.05) is 48.2 Å². The van der Waals surface area contributed by atoms with Crippen molar-refractivity contribution < 1.29 is 14.3 Å². The molecule has 6 heteroatoms. The molecule has 0 saturated carbocycles. The third-order valence-corrected chi connectivity index (χ3v) is 6.56. The number of hydrogen-bond acceptors (Lipinski definition) is 4. The number of allylic oxidation sites excluding steroid dienone is 1. The van der Waals surface area contributed by atoms with Crippen molar-refractivity contribution in [3.63, 3.8) is 0 Å². The molecule has 1 amide bonds. The molecule has 1 aliphatic heterocycles. The Balaban J connectivity index is 1.42. The number of imidazole rings is 1. The summed E-state index contributed by atoms with van der Waals surface area (Å²) in [6, 6.07) is 14.2. The van der Waals surface area contributed by atoms with Crippen molar-refractivity contribution in [2.45, 2.75) is 65.0 Å². The molecule has 1 unspecified atom stereocenters. The summed E-state index contributed by atoms with van der Waals surface area (Å²) in [6.07, 6.45) is 6.43. The van der Waals surface area contributed by atoms with E-state index in [0.29, 0.717) is 13.0 Å². The van der Waals surface area contributed by atoms with E-state index in [2.05, 4.69) is 43.5 Å². The summed E-state index contributed by atoms with van der Waals surface area (Å²) in [6.45, 7) is 10.5. The fourth-order valence-electron chi connectivity index (χ4n) is 4.82. The maximum atomic E-state index is 12.7. The van der Waals surface area contributed by atoms with Crippen LogP contribution in [-0.4, -0.2) is 46.2 Å². The van der Waals surface area contributed by atoms with Crippen LogP contribution in [0, 0.1) is 0 Å². The van der Waals surface area contributed by atoms with Crippen LogP contribution in [-0.2, 0) is 11.3 Å². The zero-order chi connectivity index (χ0) is 25.0. The minimum atomic E-state index is -0.175. The minimum absolute atomic E-state index is 0.116. The Bertz CT molecular complexity index is 1210. The van der Waals surface area contributed by atoms with Crippen LogP contribution in [0.15, 0.2) is 48.5 Å². The van der Waals surface area contributed by atoms with Crippen LogP contribution >= 0.6 is 0 Å². The van der Waals surface area contributed by atoms with Gasteiger partial charge in [-0.25, -0.2) is 4.98 Å². The number of amides is 1. The number of carbonyl (C=O) groups excluding carboxylic acids is 1. The van der Waals surface area contributed by atoms with Crippen LogP contribution in [0.25, 0.3) is 17.1 Å². The van der Waals surface area contributed by atoms with E-state index in [4.69, 9.17) is 14.5 Å². The number of aryl methyl sites for hydroxylation is 1. The molecule has 2 heterocycles. The normalized spacial score (nSPS) is 16.5. The number of unbranched alkanes of at least 4 members (excludes halogenated alkanes) is 1. The highest BCUT2D eigenvalue weighted by atomic mass is 16.5. The van der Waals surface area contributed by atoms with E-state index in [-0.39, 0.29) is 17.4 Å². The fourth-order valence-corrected chi connectivity index (χ4v) is 4.82. The van der Waals surface area contributed by atoms with E-state index in [1.165, 1.54) is 0 Å². The van der Waals surface area contributed by atoms with E-state index >= 15 is 0 Å². The van der Waals surface area contributed by atoms with Crippen molar-refractivity contribution in [3.8, 4) is 11.5 Å². The molecule has 0 aliphatic carbocycles. The third-order valence-electron chi connectivity index (χ3n) is 6.56. The first-order valence-corrected chi connectivity index (χ1v) is 12.5. The molecular formula is C29H37N3O3. The van der Waals surface area contributed by atoms with Gasteiger partial charge in [0.2, 0.25) is 5.91 Å². The van der Waals surface area contributed by atoms with Gasteiger partial charge >= 0.3 is 0 Å². The summed E-state index contributed by atoms with van der Waals surface area (Å²) in [5.41, 5.74) is 3.04. The number of likely N-dealkylation sites (tertiary alicyclic amines) is 1.